The standard InChI is InChI=1S/C18H23N3O6S2/c1-13-6-7-15(21(23)24)11-17(13)20(29(3,25)26)14(2)18(22)19-8-10-28-12-16-5-4-9-27-16/h4-7,9,11,14H,8,10,12H2,1-3H3,(H,19,22)/t14-/m1/s1. The van der Waals surface area contributed by atoms with Crippen LogP contribution in [0.5, 0.6) is 0 Å². The average molecular weight is 442 g/mol. The monoisotopic (exact) mass is 441 g/mol. The van der Waals surface area contributed by atoms with Crippen molar-refractivity contribution in [3.05, 3.63) is 58.0 Å². The Morgan fingerprint density at radius 3 is 2.69 bits per heavy atom. The molecule has 0 aliphatic rings. The van der Waals surface area contributed by atoms with Crippen molar-refractivity contribution in [3.63, 3.8) is 0 Å². The molecule has 29 heavy (non-hydrogen) atoms. The molecule has 0 radical (unpaired) electrons. The zero-order chi connectivity index (χ0) is 21.6. The van der Waals surface area contributed by atoms with Crippen molar-refractivity contribution < 1.29 is 22.6 Å². The first-order chi connectivity index (χ1) is 13.6. The molecule has 0 saturated heterocycles. The van der Waals surface area contributed by atoms with Crippen LogP contribution >= 0.6 is 11.8 Å². The van der Waals surface area contributed by atoms with E-state index in [0.717, 1.165) is 16.3 Å². The van der Waals surface area contributed by atoms with Crippen molar-refractivity contribution in [1.29, 1.82) is 0 Å². The number of hydrogen-bond acceptors (Lipinski definition) is 7. The Balaban J connectivity index is 2.07. The molecule has 0 unspecified atom stereocenters. The molecule has 1 aromatic carbocycles. The third-order valence-corrected chi connectivity index (χ3v) is 6.31. The van der Waals surface area contributed by atoms with E-state index < -0.39 is 26.9 Å². The Morgan fingerprint density at radius 2 is 2.10 bits per heavy atom. The lowest BCUT2D eigenvalue weighted by Gasteiger charge is -2.29. The van der Waals surface area contributed by atoms with Crippen LogP contribution in [-0.4, -0.2) is 43.8 Å². The van der Waals surface area contributed by atoms with Gasteiger partial charge in [-0.15, -0.1) is 0 Å². The van der Waals surface area contributed by atoms with Crippen LogP contribution in [-0.2, 0) is 20.6 Å². The molecule has 1 aromatic heterocycles. The summed E-state index contributed by atoms with van der Waals surface area (Å²) in [5.41, 5.74) is 0.368. The number of rotatable bonds is 10. The molecule has 1 atom stereocenters. The molecule has 2 rings (SSSR count). The first-order valence-electron chi connectivity index (χ1n) is 8.73. The Labute approximate surface area is 173 Å². The smallest absolute Gasteiger partial charge is 0.271 e. The number of sulfonamides is 1. The SMILES string of the molecule is Cc1ccc([N+](=O)[O-])cc1N([C@H](C)C(=O)NCCSCc1ccco1)S(C)(=O)=O. The lowest BCUT2D eigenvalue weighted by molar-refractivity contribution is -0.384. The molecule has 0 spiro atoms. The predicted octanol–water partition coefficient (Wildman–Crippen LogP) is 2.70. The molecule has 158 valence electrons. The Morgan fingerprint density at radius 1 is 1.38 bits per heavy atom. The second-order valence-corrected chi connectivity index (χ2v) is 9.35. The number of benzene rings is 1. The molecule has 1 amide bonds. The fraction of sp³-hybridized carbons (Fsp3) is 0.389. The van der Waals surface area contributed by atoms with E-state index in [-0.39, 0.29) is 11.4 Å². The molecule has 0 bridgehead atoms. The van der Waals surface area contributed by atoms with E-state index >= 15 is 0 Å². The van der Waals surface area contributed by atoms with Gasteiger partial charge in [-0.25, -0.2) is 8.42 Å². The lowest BCUT2D eigenvalue weighted by atomic mass is 10.1. The largest absolute Gasteiger partial charge is 0.468 e. The summed E-state index contributed by atoms with van der Waals surface area (Å²) in [4.78, 5) is 23.0. The summed E-state index contributed by atoms with van der Waals surface area (Å²) < 4.78 is 30.9. The van der Waals surface area contributed by atoms with Crippen LogP contribution in [0.2, 0.25) is 0 Å². The van der Waals surface area contributed by atoms with E-state index in [2.05, 4.69) is 5.32 Å². The van der Waals surface area contributed by atoms with Gasteiger partial charge >= 0.3 is 0 Å². The minimum absolute atomic E-state index is 0.108. The normalized spacial score (nSPS) is 12.4. The second kappa shape index (κ2) is 9.79. The van der Waals surface area contributed by atoms with Crippen LogP contribution in [0.3, 0.4) is 0 Å². The number of anilines is 1. The number of nitro groups is 1. The highest BCUT2D eigenvalue weighted by Crippen LogP contribution is 2.29. The van der Waals surface area contributed by atoms with Gasteiger partial charge in [-0.2, -0.15) is 11.8 Å². The van der Waals surface area contributed by atoms with Crippen molar-refractivity contribution >= 4 is 39.1 Å². The summed E-state index contributed by atoms with van der Waals surface area (Å²) in [6, 6.07) is 6.51. The van der Waals surface area contributed by atoms with Crippen molar-refractivity contribution in [1.82, 2.24) is 5.32 Å². The zero-order valence-corrected chi connectivity index (χ0v) is 18.0. The quantitative estimate of drug-likeness (QED) is 0.342. The molecule has 0 saturated carbocycles. The van der Waals surface area contributed by atoms with E-state index in [1.807, 2.05) is 6.07 Å². The number of carbonyl (C=O) groups excluding carboxylic acids is 1. The predicted molar refractivity (Wildman–Crippen MR) is 112 cm³/mol. The highest BCUT2D eigenvalue weighted by molar-refractivity contribution is 7.98. The average Bonchev–Trinajstić information content (AvgIpc) is 3.15. The third kappa shape index (κ3) is 6.23. The molecular formula is C18H23N3O6S2. The summed E-state index contributed by atoms with van der Waals surface area (Å²) >= 11 is 1.57. The van der Waals surface area contributed by atoms with Gasteiger partial charge in [0.15, 0.2) is 0 Å². The van der Waals surface area contributed by atoms with Crippen molar-refractivity contribution in [2.75, 3.05) is 22.9 Å². The number of amides is 1. The topological polar surface area (TPSA) is 123 Å². The Bertz CT molecular complexity index is 960. The minimum atomic E-state index is -3.86. The minimum Gasteiger partial charge on any atom is -0.468 e. The number of hydrogen-bond donors (Lipinski definition) is 1. The maximum absolute atomic E-state index is 12.5. The van der Waals surface area contributed by atoms with Crippen molar-refractivity contribution in [2.45, 2.75) is 25.6 Å². The summed E-state index contributed by atoms with van der Waals surface area (Å²) in [5.74, 6) is 1.63. The van der Waals surface area contributed by atoms with Crippen LogP contribution in [0.15, 0.2) is 41.0 Å². The number of nitrogens with one attached hydrogen (secondary N) is 1. The molecule has 0 aliphatic carbocycles. The number of furan rings is 1. The van der Waals surface area contributed by atoms with Gasteiger partial charge in [0.1, 0.15) is 11.8 Å². The summed E-state index contributed by atoms with van der Waals surface area (Å²) in [7, 11) is -3.86. The molecule has 1 heterocycles. The fourth-order valence-corrected chi connectivity index (χ4v) is 4.67. The third-order valence-electron chi connectivity index (χ3n) is 4.10. The van der Waals surface area contributed by atoms with E-state index in [0.29, 0.717) is 23.6 Å². The van der Waals surface area contributed by atoms with Crippen LogP contribution in [0.25, 0.3) is 0 Å². The number of nitro benzene ring substituents is 1. The number of aryl methyl sites for hydroxylation is 1. The molecule has 2 aromatic rings. The van der Waals surface area contributed by atoms with Crippen LogP contribution in [0.4, 0.5) is 11.4 Å². The lowest BCUT2D eigenvalue weighted by Crippen LogP contribution is -2.48. The number of nitrogens with zero attached hydrogens (tertiary/aromatic N) is 2. The highest BCUT2D eigenvalue weighted by atomic mass is 32.2. The fourth-order valence-electron chi connectivity index (χ4n) is 2.69. The maximum atomic E-state index is 12.5. The van der Waals surface area contributed by atoms with Crippen LogP contribution in [0.1, 0.15) is 18.2 Å². The van der Waals surface area contributed by atoms with Gasteiger partial charge in [-0.3, -0.25) is 19.2 Å². The number of thioether (sulfide) groups is 1. The number of carbonyl (C=O) groups is 1. The highest BCUT2D eigenvalue weighted by Gasteiger charge is 2.31. The molecule has 9 nitrogen and oxygen atoms in total. The van der Waals surface area contributed by atoms with Crippen molar-refractivity contribution in [3.8, 4) is 0 Å². The van der Waals surface area contributed by atoms with Gasteiger partial charge in [0.25, 0.3) is 5.69 Å². The molecule has 1 N–H and O–H groups in total. The first-order valence-corrected chi connectivity index (χ1v) is 11.7. The van der Waals surface area contributed by atoms with Gasteiger partial charge in [0.05, 0.1) is 28.9 Å². The van der Waals surface area contributed by atoms with E-state index in [9.17, 15) is 23.3 Å². The molecule has 0 fully saturated rings. The van der Waals surface area contributed by atoms with Gasteiger partial charge in [-0.1, -0.05) is 6.07 Å². The van der Waals surface area contributed by atoms with E-state index in [1.165, 1.54) is 25.1 Å². The van der Waals surface area contributed by atoms with Crippen LogP contribution < -0.4 is 9.62 Å². The van der Waals surface area contributed by atoms with Crippen molar-refractivity contribution in [2.24, 2.45) is 0 Å². The van der Waals surface area contributed by atoms with Gasteiger partial charge in [0.2, 0.25) is 15.9 Å². The Hall–Kier alpha value is -2.53. The number of non-ortho nitro benzene ring substituents is 1. The van der Waals surface area contributed by atoms with Gasteiger partial charge in [0, 0.05) is 24.4 Å². The molecular weight excluding hydrogens is 418 g/mol. The maximum Gasteiger partial charge on any atom is 0.271 e. The second-order valence-electron chi connectivity index (χ2n) is 6.39. The summed E-state index contributed by atoms with van der Waals surface area (Å²) in [6.07, 6.45) is 2.56. The summed E-state index contributed by atoms with van der Waals surface area (Å²) in [6.45, 7) is 3.43. The zero-order valence-electron chi connectivity index (χ0n) is 16.3. The van der Waals surface area contributed by atoms with Crippen LogP contribution in [0, 0.1) is 17.0 Å². The first kappa shape index (κ1) is 22.8. The van der Waals surface area contributed by atoms with E-state index in [4.69, 9.17) is 4.42 Å². The van der Waals surface area contributed by atoms with E-state index in [1.54, 1.807) is 31.0 Å². The molecule has 0 aliphatic heterocycles. The van der Waals surface area contributed by atoms with Gasteiger partial charge < -0.3 is 9.73 Å². The summed E-state index contributed by atoms with van der Waals surface area (Å²) in [5, 5.41) is 13.8. The van der Waals surface area contributed by atoms with Gasteiger partial charge in [-0.05, 0) is 31.5 Å². The molecule has 11 heteroatoms. The Kier molecular flexibility index (Phi) is 7.68.